The number of likely N-dealkylation sites (tertiary alicyclic amines) is 1. The minimum atomic E-state index is -1.19. The molecule has 0 radical (unpaired) electrons. The Balaban J connectivity index is 1.39. The van der Waals surface area contributed by atoms with E-state index in [0.717, 1.165) is 5.56 Å². The Bertz CT molecular complexity index is 1430. The van der Waals surface area contributed by atoms with Crippen molar-refractivity contribution in [3.05, 3.63) is 70.3 Å². The number of β-lactam (4-membered cyclic amide) rings is 1. The van der Waals surface area contributed by atoms with Crippen LogP contribution in [0.1, 0.15) is 36.2 Å². The second kappa shape index (κ2) is 11.2. The van der Waals surface area contributed by atoms with Crippen LogP contribution >= 0.6 is 11.8 Å². The summed E-state index contributed by atoms with van der Waals surface area (Å²) in [6.07, 6.45) is -0.480. The van der Waals surface area contributed by atoms with Gasteiger partial charge in [0.25, 0.3) is 0 Å². The summed E-state index contributed by atoms with van der Waals surface area (Å²) < 4.78 is 0. The molecule has 6 atom stereocenters. The molecule has 3 aliphatic rings. The van der Waals surface area contributed by atoms with Crippen LogP contribution in [0.25, 0.3) is 0 Å². The van der Waals surface area contributed by atoms with E-state index in [-0.39, 0.29) is 34.2 Å². The lowest BCUT2D eigenvalue weighted by Gasteiger charge is -2.46. The fraction of sp³-hybridized carbons (Fsp3) is 0.379. The van der Waals surface area contributed by atoms with Crippen molar-refractivity contribution in [2.45, 2.75) is 50.3 Å². The summed E-state index contributed by atoms with van der Waals surface area (Å²) in [5.74, 6) is -3.90. The molecule has 3 heterocycles. The van der Waals surface area contributed by atoms with E-state index < -0.39 is 36.0 Å². The molecule has 41 heavy (non-hydrogen) atoms. The first kappa shape index (κ1) is 28.7. The van der Waals surface area contributed by atoms with E-state index in [4.69, 9.17) is 5.73 Å². The second-order valence-electron chi connectivity index (χ2n) is 10.8. The molecule has 5 rings (SSSR count). The predicted octanol–water partition coefficient (Wildman–Crippen LogP) is 2.44. The lowest BCUT2D eigenvalue weighted by molar-refractivity contribution is -0.163. The van der Waals surface area contributed by atoms with Gasteiger partial charge in [-0.2, -0.15) is 0 Å². The van der Waals surface area contributed by atoms with E-state index in [2.05, 4.69) is 5.32 Å². The highest BCUT2D eigenvalue weighted by molar-refractivity contribution is 8.03. The van der Waals surface area contributed by atoms with Gasteiger partial charge >= 0.3 is 11.9 Å². The quantitative estimate of drug-likeness (QED) is 0.219. The largest absolute Gasteiger partial charge is 0.478 e. The van der Waals surface area contributed by atoms with Gasteiger partial charge in [-0.25, -0.2) is 9.59 Å². The average Bonchev–Trinajstić information content (AvgIpc) is 3.42. The number of fused-ring (bicyclic) bond motifs is 1. The number of nitrogens with zero attached hydrogens (tertiary/aromatic N) is 2. The smallest absolute Gasteiger partial charge is 0.353 e. The van der Waals surface area contributed by atoms with Crippen LogP contribution in [0.4, 0.5) is 11.4 Å². The molecular weight excluding hydrogens is 548 g/mol. The van der Waals surface area contributed by atoms with Gasteiger partial charge in [0.2, 0.25) is 11.8 Å². The number of hydrogen-bond donors (Lipinski definition) is 5. The first-order chi connectivity index (χ1) is 19.5. The number of carbonyl (C=O) groups excluding carboxylic acids is 2. The number of aromatic carboxylic acids is 1. The number of hydrogen-bond acceptors (Lipinski definition) is 8. The summed E-state index contributed by atoms with van der Waals surface area (Å²) in [7, 11) is 0. The van der Waals surface area contributed by atoms with Crippen molar-refractivity contribution in [3.8, 4) is 0 Å². The van der Waals surface area contributed by atoms with Gasteiger partial charge in [-0.05, 0) is 49.2 Å². The van der Waals surface area contributed by atoms with Crippen LogP contribution in [0, 0.1) is 11.8 Å². The molecule has 2 aromatic rings. The molecule has 12 heteroatoms. The zero-order valence-corrected chi connectivity index (χ0v) is 23.4. The molecule has 2 aromatic carbocycles. The van der Waals surface area contributed by atoms with E-state index in [9.17, 15) is 34.5 Å². The molecule has 0 spiro atoms. The van der Waals surface area contributed by atoms with Crippen LogP contribution in [0.15, 0.2) is 59.1 Å². The number of nitrogens with one attached hydrogen (secondary N) is 1. The SMILES string of the molecule is CC(O)C1C(=O)N2C(C(=O)O)=C(SC3CC(C(=O)Nc4cccc(C(=O)O)c4)N(Cc4ccc(N)cc4)C3)C(C)C12. The van der Waals surface area contributed by atoms with Gasteiger partial charge in [0.1, 0.15) is 5.70 Å². The average molecular weight is 581 g/mol. The van der Waals surface area contributed by atoms with Crippen LogP contribution < -0.4 is 11.1 Å². The standard InChI is InChI=1S/C29H32N4O7S/c1-14-23-22(15(2)34)27(36)33(23)24(29(39)40)25(14)41-20-11-21(32(13-20)12-16-6-8-18(30)9-7-16)26(35)31-19-5-3-4-17(10-19)28(37)38/h3-10,14-15,20-23,34H,11-13,30H2,1-2H3,(H,31,35)(H,37,38)(H,39,40). The second-order valence-corrected chi connectivity index (χ2v) is 12.2. The molecule has 3 aliphatic heterocycles. The van der Waals surface area contributed by atoms with Crippen LogP contribution in [-0.2, 0) is 20.9 Å². The lowest BCUT2D eigenvalue weighted by Crippen LogP contribution is -2.63. The molecule has 0 aliphatic carbocycles. The zero-order valence-electron chi connectivity index (χ0n) is 22.6. The molecule has 0 bridgehead atoms. The van der Waals surface area contributed by atoms with Gasteiger partial charge in [-0.15, -0.1) is 11.8 Å². The molecular formula is C29H32N4O7S. The predicted molar refractivity (Wildman–Crippen MR) is 153 cm³/mol. The van der Waals surface area contributed by atoms with Crippen LogP contribution in [0.5, 0.6) is 0 Å². The van der Waals surface area contributed by atoms with Crippen molar-refractivity contribution in [1.29, 1.82) is 0 Å². The van der Waals surface area contributed by atoms with Crippen LogP contribution in [0.2, 0.25) is 0 Å². The number of rotatable bonds is 9. The Hall–Kier alpha value is -3.87. The van der Waals surface area contributed by atoms with Crippen molar-refractivity contribution < 1.29 is 34.5 Å². The third-order valence-electron chi connectivity index (χ3n) is 8.01. The molecule has 0 saturated carbocycles. The number of carboxylic acids is 2. The van der Waals surface area contributed by atoms with Crippen molar-refractivity contribution in [2.24, 2.45) is 11.8 Å². The molecule has 2 saturated heterocycles. The van der Waals surface area contributed by atoms with Gasteiger partial charge in [0.15, 0.2) is 0 Å². The van der Waals surface area contributed by atoms with Gasteiger partial charge in [0.05, 0.1) is 29.7 Å². The molecule has 6 N–H and O–H groups in total. The maximum Gasteiger partial charge on any atom is 0.353 e. The Labute approximate surface area is 241 Å². The molecule has 2 amide bonds. The van der Waals surface area contributed by atoms with Gasteiger partial charge in [-0.3, -0.25) is 14.5 Å². The number of aliphatic carboxylic acids is 1. The number of amides is 2. The number of carbonyl (C=O) groups is 4. The Kier molecular flexibility index (Phi) is 7.82. The summed E-state index contributed by atoms with van der Waals surface area (Å²) in [5.41, 5.74) is 7.79. The number of aliphatic hydroxyl groups is 1. The Morgan fingerprint density at radius 3 is 2.46 bits per heavy atom. The Morgan fingerprint density at radius 2 is 1.83 bits per heavy atom. The third kappa shape index (κ3) is 5.42. The highest BCUT2D eigenvalue weighted by atomic mass is 32.2. The fourth-order valence-corrected chi connectivity index (χ4v) is 7.62. The number of carboxylic acid groups (broad SMARTS) is 2. The minimum absolute atomic E-state index is 0.0436. The molecule has 216 valence electrons. The zero-order chi connectivity index (χ0) is 29.6. The van der Waals surface area contributed by atoms with E-state index in [0.29, 0.717) is 35.8 Å². The van der Waals surface area contributed by atoms with E-state index >= 15 is 0 Å². The number of aliphatic hydroxyl groups excluding tert-OH is 1. The number of thioether (sulfide) groups is 1. The molecule has 2 fully saturated rings. The molecule has 6 unspecified atom stereocenters. The monoisotopic (exact) mass is 580 g/mol. The number of nitrogen functional groups attached to an aromatic ring is 1. The van der Waals surface area contributed by atoms with Gasteiger partial charge < -0.3 is 31.3 Å². The van der Waals surface area contributed by atoms with Crippen molar-refractivity contribution in [2.75, 3.05) is 17.6 Å². The highest BCUT2D eigenvalue weighted by Crippen LogP contribution is 2.52. The van der Waals surface area contributed by atoms with E-state index in [1.165, 1.54) is 28.8 Å². The summed E-state index contributed by atoms with van der Waals surface area (Å²) in [4.78, 5) is 53.8. The number of benzene rings is 2. The summed E-state index contributed by atoms with van der Waals surface area (Å²) in [6, 6.07) is 12.4. The summed E-state index contributed by atoms with van der Waals surface area (Å²) in [5, 5.41) is 32.2. The van der Waals surface area contributed by atoms with Gasteiger partial charge in [-0.1, -0.05) is 25.1 Å². The first-order valence-electron chi connectivity index (χ1n) is 13.3. The maximum atomic E-state index is 13.5. The fourth-order valence-electron chi connectivity index (χ4n) is 6.07. The minimum Gasteiger partial charge on any atom is -0.478 e. The first-order valence-corrected chi connectivity index (χ1v) is 14.2. The number of anilines is 2. The van der Waals surface area contributed by atoms with Crippen LogP contribution in [0.3, 0.4) is 0 Å². The number of nitrogens with two attached hydrogens (primary N) is 1. The molecule has 11 nitrogen and oxygen atoms in total. The summed E-state index contributed by atoms with van der Waals surface area (Å²) in [6.45, 7) is 4.34. The molecule has 0 aromatic heterocycles. The maximum absolute atomic E-state index is 13.5. The third-order valence-corrected chi connectivity index (χ3v) is 9.51. The van der Waals surface area contributed by atoms with Crippen molar-refractivity contribution >= 4 is 46.9 Å². The van der Waals surface area contributed by atoms with E-state index in [1.807, 2.05) is 24.0 Å². The topological polar surface area (TPSA) is 174 Å². The normalized spacial score (nSPS) is 26.5. The highest BCUT2D eigenvalue weighted by Gasteiger charge is 2.60. The van der Waals surface area contributed by atoms with Gasteiger partial charge in [0, 0.05) is 40.5 Å². The van der Waals surface area contributed by atoms with Crippen molar-refractivity contribution in [3.63, 3.8) is 0 Å². The van der Waals surface area contributed by atoms with Crippen molar-refractivity contribution in [1.82, 2.24) is 9.80 Å². The lowest BCUT2D eigenvalue weighted by atomic mass is 9.79. The van der Waals surface area contributed by atoms with E-state index in [1.54, 1.807) is 31.2 Å². The van der Waals surface area contributed by atoms with Crippen LogP contribution in [-0.4, -0.2) is 78.9 Å². The summed E-state index contributed by atoms with van der Waals surface area (Å²) >= 11 is 1.38. The Morgan fingerprint density at radius 1 is 1.12 bits per heavy atom.